The normalized spacial score (nSPS) is 10.6. The van der Waals surface area contributed by atoms with Crippen LogP contribution in [-0.4, -0.2) is 10.9 Å². The number of rotatable bonds is 3. The summed E-state index contributed by atoms with van der Waals surface area (Å²) in [5.41, 5.74) is 2.04. The second-order valence-electron chi connectivity index (χ2n) is 5.72. The highest BCUT2D eigenvalue weighted by Crippen LogP contribution is 2.21. The number of aromatic nitrogens is 1. The van der Waals surface area contributed by atoms with Crippen molar-refractivity contribution in [3.8, 4) is 11.5 Å². The molecule has 1 amide bonds. The van der Waals surface area contributed by atoms with E-state index in [0.29, 0.717) is 27.7 Å². The zero-order valence-electron chi connectivity index (χ0n) is 13.7. The van der Waals surface area contributed by atoms with Gasteiger partial charge in [0.15, 0.2) is 0 Å². The highest BCUT2D eigenvalue weighted by molar-refractivity contribution is 6.04. The summed E-state index contributed by atoms with van der Waals surface area (Å²) in [7, 11) is 0. The van der Waals surface area contributed by atoms with Gasteiger partial charge in [-0.1, -0.05) is 30.3 Å². The SMILES string of the molecule is O=C(Nc1ccc(-c2nc3ccccc3c(=O)o2)cc1)c1ccccc1. The lowest BCUT2D eigenvalue weighted by molar-refractivity contribution is 0.102. The van der Waals surface area contributed by atoms with Crippen LogP contribution >= 0.6 is 0 Å². The van der Waals surface area contributed by atoms with Crippen LogP contribution in [0.2, 0.25) is 0 Å². The quantitative estimate of drug-likeness (QED) is 0.608. The van der Waals surface area contributed by atoms with E-state index in [-0.39, 0.29) is 11.8 Å². The first-order valence-corrected chi connectivity index (χ1v) is 8.07. The van der Waals surface area contributed by atoms with E-state index in [4.69, 9.17) is 4.42 Å². The Morgan fingerprint density at radius 1 is 0.846 bits per heavy atom. The Labute approximate surface area is 148 Å². The monoisotopic (exact) mass is 342 g/mol. The molecule has 1 heterocycles. The molecule has 0 atom stereocenters. The molecule has 126 valence electrons. The maximum atomic E-state index is 12.2. The number of nitrogens with zero attached hydrogens (tertiary/aromatic N) is 1. The van der Waals surface area contributed by atoms with Crippen molar-refractivity contribution in [2.24, 2.45) is 0 Å². The van der Waals surface area contributed by atoms with E-state index in [9.17, 15) is 9.59 Å². The molecule has 0 aliphatic rings. The molecule has 4 aromatic rings. The second-order valence-corrected chi connectivity index (χ2v) is 5.72. The summed E-state index contributed by atoms with van der Waals surface area (Å²) in [4.78, 5) is 28.6. The fraction of sp³-hybridized carbons (Fsp3) is 0. The summed E-state index contributed by atoms with van der Waals surface area (Å²) in [6.45, 7) is 0. The lowest BCUT2D eigenvalue weighted by atomic mass is 10.1. The molecule has 5 heteroatoms. The summed E-state index contributed by atoms with van der Waals surface area (Å²) in [6.07, 6.45) is 0. The molecule has 1 N–H and O–H groups in total. The Kier molecular flexibility index (Phi) is 4.03. The first-order valence-electron chi connectivity index (χ1n) is 8.07. The highest BCUT2D eigenvalue weighted by Gasteiger charge is 2.09. The van der Waals surface area contributed by atoms with Crippen molar-refractivity contribution in [2.45, 2.75) is 0 Å². The van der Waals surface area contributed by atoms with Gasteiger partial charge in [-0.3, -0.25) is 4.79 Å². The molecule has 0 aliphatic carbocycles. The van der Waals surface area contributed by atoms with Crippen molar-refractivity contribution >= 4 is 22.5 Å². The van der Waals surface area contributed by atoms with Crippen LogP contribution in [0, 0.1) is 0 Å². The molecular weight excluding hydrogens is 328 g/mol. The molecule has 0 fully saturated rings. The van der Waals surface area contributed by atoms with Gasteiger partial charge in [0.1, 0.15) is 0 Å². The van der Waals surface area contributed by atoms with Gasteiger partial charge in [-0.15, -0.1) is 0 Å². The van der Waals surface area contributed by atoms with Gasteiger partial charge in [0.2, 0.25) is 5.89 Å². The molecule has 0 radical (unpaired) electrons. The van der Waals surface area contributed by atoms with Gasteiger partial charge in [0.25, 0.3) is 5.91 Å². The first-order chi connectivity index (χ1) is 12.7. The molecule has 1 aromatic heterocycles. The van der Waals surface area contributed by atoms with Gasteiger partial charge in [-0.05, 0) is 48.5 Å². The van der Waals surface area contributed by atoms with Gasteiger partial charge in [-0.2, -0.15) is 0 Å². The van der Waals surface area contributed by atoms with Crippen molar-refractivity contribution in [1.29, 1.82) is 0 Å². The third-order valence-electron chi connectivity index (χ3n) is 3.96. The highest BCUT2D eigenvalue weighted by atomic mass is 16.4. The van der Waals surface area contributed by atoms with E-state index in [1.165, 1.54) is 0 Å². The maximum absolute atomic E-state index is 12.2. The van der Waals surface area contributed by atoms with Crippen LogP contribution in [0.3, 0.4) is 0 Å². The molecule has 4 rings (SSSR count). The Morgan fingerprint density at radius 2 is 1.54 bits per heavy atom. The van der Waals surface area contributed by atoms with Crippen molar-refractivity contribution < 1.29 is 9.21 Å². The molecule has 0 bridgehead atoms. The number of benzene rings is 3. The number of para-hydroxylation sites is 1. The number of amides is 1. The summed E-state index contributed by atoms with van der Waals surface area (Å²) < 4.78 is 5.31. The smallest absolute Gasteiger partial charge is 0.347 e. The van der Waals surface area contributed by atoms with Crippen LogP contribution in [0.4, 0.5) is 5.69 Å². The number of nitrogens with one attached hydrogen (secondary N) is 1. The molecule has 26 heavy (non-hydrogen) atoms. The van der Waals surface area contributed by atoms with Crippen LogP contribution in [0.15, 0.2) is 88.1 Å². The van der Waals surface area contributed by atoms with E-state index in [0.717, 1.165) is 0 Å². The molecule has 0 saturated heterocycles. The van der Waals surface area contributed by atoms with Crippen LogP contribution in [0.5, 0.6) is 0 Å². The van der Waals surface area contributed by atoms with Crippen molar-refractivity contribution in [2.75, 3.05) is 5.32 Å². The summed E-state index contributed by atoms with van der Waals surface area (Å²) in [6, 6.07) is 23.0. The average molecular weight is 342 g/mol. The lowest BCUT2D eigenvalue weighted by Gasteiger charge is -2.06. The van der Waals surface area contributed by atoms with Crippen molar-refractivity contribution in [3.05, 3.63) is 94.8 Å². The predicted molar refractivity (Wildman–Crippen MR) is 100 cm³/mol. The molecule has 0 unspecified atom stereocenters. The molecule has 0 saturated carbocycles. The summed E-state index contributed by atoms with van der Waals surface area (Å²) >= 11 is 0. The maximum Gasteiger partial charge on any atom is 0.347 e. The van der Waals surface area contributed by atoms with E-state index in [1.54, 1.807) is 54.6 Å². The minimum absolute atomic E-state index is 0.186. The Bertz CT molecular complexity index is 1130. The van der Waals surface area contributed by atoms with Gasteiger partial charge in [-0.25, -0.2) is 9.78 Å². The molecule has 0 aliphatic heterocycles. The van der Waals surface area contributed by atoms with E-state index in [2.05, 4.69) is 10.3 Å². The number of hydrogen-bond donors (Lipinski definition) is 1. The van der Waals surface area contributed by atoms with Crippen LogP contribution in [0.25, 0.3) is 22.4 Å². The average Bonchev–Trinajstić information content (AvgIpc) is 2.69. The largest absolute Gasteiger partial charge is 0.403 e. The van der Waals surface area contributed by atoms with E-state index in [1.807, 2.05) is 24.3 Å². The Hall–Kier alpha value is -3.73. The number of hydrogen-bond acceptors (Lipinski definition) is 4. The second kappa shape index (κ2) is 6.64. The fourth-order valence-electron chi connectivity index (χ4n) is 2.63. The van der Waals surface area contributed by atoms with Crippen LogP contribution in [-0.2, 0) is 0 Å². The van der Waals surface area contributed by atoms with Crippen LogP contribution < -0.4 is 10.9 Å². The van der Waals surface area contributed by atoms with E-state index < -0.39 is 5.63 Å². The van der Waals surface area contributed by atoms with Gasteiger partial charge in [0, 0.05) is 16.8 Å². The van der Waals surface area contributed by atoms with Crippen LogP contribution in [0.1, 0.15) is 10.4 Å². The van der Waals surface area contributed by atoms with Crippen molar-refractivity contribution in [3.63, 3.8) is 0 Å². The minimum Gasteiger partial charge on any atom is -0.403 e. The number of fused-ring (bicyclic) bond motifs is 1. The van der Waals surface area contributed by atoms with E-state index >= 15 is 0 Å². The zero-order chi connectivity index (χ0) is 17.9. The summed E-state index contributed by atoms with van der Waals surface area (Å²) in [5.74, 6) is 0.0587. The minimum atomic E-state index is -0.424. The molecule has 0 spiro atoms. The summed E-state index contributed by atoms with van der Waals surface area (Å²) in [5, 5.41) is 3.27. The number of anilines is 1. The topological polar surface area (TPSA) is 72.2 Å². The lowest BCUT2D eigenvalue weighted by Crippen LogP contribution is -2.11. The molecule has 5 nitrogen and oxygen atoms in total. The Balaban J connectivity index is 1.60. The van der Waals surface area contributed by atoms with Gasteiger partial charge in [0.05, 0.1) is 10.9 Å². The number of carbonyl (C=O) groups excluding carboxylic acids is 1. The van der Waals surface area contributed by atoms with Crippen molar-refractivity contribution in [1.82, 2.24) is 4.98 Å². The molecule has 3 aromatic carbocycles. The van der Waals surface area contributed by atoms with Gasteiger partial charge < -0.3 is 9.73 Å². The number of carbonyl (C=O) groups is 1. The predicted octanol–water partition coefficient (Wildman–Crippen LogP) is 4.11. The first kappa shape index (κ1) is 15.8. The fourth-order valence-corrected chi connectivity index (χ4v) is 2.63. The standard InChI is InChI=1S/C21H14N2O3/c24-19(14-6-2-1-3-7-14)22-16-12-10-15(11-13-16)20-23-18-9-5-4-8-17(18)21(25)26-20/h1-13H,(H,22,24). The third-order valence-corrected chi connectivity index (χ3v) is 3.96. The third kappa shape index (κ3) is 3.10. The molecular formula is C21H14N2O3. The zero-order valence-corrected chi connectivity index (χ0v) is 13.7. The van der Waals surface area contributed by atoms with Gasteiger partial charge >= 0.3 is 5.63 Å². The Morgan fingerprint density at radius 3 is 2.31 bits per heavy atom.